The van der Waals surface area contributed by atoms with Crippen molar-refractivity contribution in [1.82, 2.24) is 14.7 Å². The maximum atomic E-state index is 12.9. The van der Waals surface area contributed by atoms with E-state index >= 15 is 0 Å². The second kappa shape index (κ2) is 7.36. The van der Waals surface area contributed by atoms with Crippen LogP contribution in [0.5, 0.6) is 0 Å². The van der Waals surface area contributed by atoms with Crippen molar-refractivity contribution in [1.29, 1.82) is 0 Å². The van der Waals surface area contributed by atoms with Gasteiger partial charge in [0.25, 0.3) is 0 Å². The highest BCUT2D eigenvalue weighted by molar-refractivity contribution is 5.90. The molecule has 3 rings (SSSR count). The smallest absolute Gasteiger partial charge is 0.322 e. The molecule has 2 N–H and O–H groups in total. The van der Waals surface area contributed by atoms with Crippen LogP contribution in [0.2, 0.25) is 0 Å². The Morgan fingerprint density at radius 3 is 2.48 bits per heavy atom. The maximum Gasteiger partial charge on any atom is 0.322 e. The van der Waals surface area contributed by atoms with Crippen molar-refractivity contribution >= 4 is 11.7 Å². The average Bonchev–Trinajstić information content (AvgIpc) is 3.04. The van der Waals surface area contributed by atoms with Crippen molar-refractivity contribution in [3.05, 3.63) is 11.9 Å². The standard InChI is InChI=1S/C19H32N4O2/c1-12(2)7-8-22-18(13(3)4)17(11-20-22)21-19(25)23-14-5-6-15(23)10-16(24)9-14/h11-16,24H,5-10H2,1-4H3,(H,21,25)/t14-,15-/m0/s1. The first-order valence-corrected chi connectivity index (χ1v) is 9.69. The fourth-order valence-electron chi connectivity index (χ4n) is 4.32. The van der Waals surface area contributed by atoms with E-state index in [1.807, 2.05) is 9.58 Å². The second-order valence-corrected chi connectivity index (χ2v) is 8.35. The van der Waals surface area contributed by atoms with Gasteiger partial charge in [0, 0.05) is 18.6 Å². The van der Waals surface area contributed by atoms with Gasteiger partial charge < -0.3 is 15.3 Å². The van der Waals surface area contributed by atoms with Gasteiger partial charge in [-0.15, -0.1) is 0 Å². The predicted octanol–water partition coefficient (Wildman–Crippen LogP) is 3.57. The number of hydrogen-bond donors (Lipinski definition) is 2. The molecule has 6 heteroatoms. The summed E-state index contributed by atoms with van der Waals surface area (Å²) in [6.07, 6.45) is 6.01. The highest BCUT2D eigenvalue weighted by atomic mass is 16.3. The number of fused-ring (bicyclic) bond motifs is 2. The summed E-state index contributed by atoms with van der Waals surface area (Å²) in [5, 5.41) is 17.6. The Morgan fingerprint density at radius 2 is 1.92 bits per heavy atom. The number of aliphatic hydroxyl groups is 1. The van der Waals surface area contributed by atoms with Gasteiger partial charge in [0.15, 0.2) is 0 Å². The quantitative estimate of drug-likeness (QED) is 0.854. The van der Waals surface area contributed by atoms with Crippen LogP contribution in [0.15, 0.2) is 6.20 Å². The van der Waals surface area contributed by atoms with Crippen molar-refractivity contribution in [2.45, 2.75) is 90.4 Å². The molecule has 2 amide bonds. The molecular formula is C19H32N4O2. The zero-order chi connectivity index (χ0) is 18.1. The lowest BCUT2D eigenvalue weighted by molar-refractivity contribution is 0.0580. The third-order valence-electron chi connectivity index (χ3n) is 5.53. The Balaban J connectivity index is 1.73. The maximum absolute atomic E-state index is 12.9. The SMILES string of the molecule is CC(C)CCn1ncc(NC(=O)N2[C@H]3CC[C@H]2CC(O)C3)c1C(C)C. The minimum Gasteiger partial charge on any atom is -0.393 e. The van der Waals surface area contributed by atoms with Crippen LogP contribution in [0.25, 0.3) is 0 Å². The van der Waals surface area contributed by atoms with Gasteiger partial charge in [-0.1, -0.05) is 27.7 Å². The Bertz CT molecular complexity index is 597. The summed E-state index contributed by atoms with van der Waals surface area (Å²) in [5.41, 5.74) is 1.92. The first-order valence-electron chi connectivity index (χ1n) is 9.69. The van der Waals surface area contributed by atoms with E-state index in [-0.39, 0.29) is 24.2 Å². The molecule has 3 heterocycles. The summed E-state index contributed by atoms with van der Waals surface area (Å²) in [5.74, 6) is 0.919. The number of urea groups is 1. The molecule has 0 spiro atoms. The molecule has 1 aromatic heterocycles. The van der Waals surface area contributed by atoms with Crippen LogP contribution in [0.3, 0.4) is 0 Å². The zero-order valence-corrected chi connectivity index (χ0v) is 15.9. The highest BCUT2D eigenvalue weighted by Crippen LogP contribution is 2.36. The Hall–Kier alpha value is -1.56. The van der Waals surface area contributed by atoms with E-state index < -0.39 is 0 Å². The van der Waals surface area contributed by atoms with E-state index in [1.54, 1.807) is 6.20 Å². The number of carbonyl (C=O) groups excluding carboxylic acids is 1. The number of aliphatic hydroxyl groups excluding tert-OH is 1. The summed E-state index contributed by atoms with van der Waals surface area (Å²) in [7, 11) is 0. The summed E-state index contributed by atoms with van der Waals surface area (Å²) in [6.45, 7) is 9.57. The number of nitrogens with one attached hydrogen (secondary N) is 1. The minimum atomic E-state index is -0.258. The Labute approximate surface area is 150 Å². The van der Waals surface area contributed by atoms with Crippen molar-refractivity contribution < 1.29 is 9.90 Å². The van der Waals surface area contributed by atoms with Crippen LogP contribution in [-0.4, -0.2) is 44.0 Å². The summed E-state index contributed by atoms with van der Waals surface area (Å²) < 4.78 is 2.04. The number of amides is 2. The second-order valence-electron chi connectivity index (χ2n) is 8.35. The molecule has 0 unspecified atom stereocenters. The van der Waals surface area contributed by atoms with E-state index in [4.69, 9.17) is 0 Å². The first-order chi connectivity index (χ1) is 11.9. The molecule has 2 fully saturated rings. The van der Waals surface area contributed by atoms with Crippen LogP contribution in [0.4, 0.5) is 10.5 Å². The number of nitrogens with zero attached hydrogens (tertiary/aromatic N) is 3. The van der Waals surface area contributed by atoms with E-state index in [0.717, 1.165) is 37.2 Å². The fraction of sp³-hybridized carbons (Fsp3) is 0.789. The van der Waals surface area contributed by atoms with E-state index in [9.17, 15) is 9.90 Å². The van der Waals surface area contributed by atoms with Crippen LogP contribution in [-0.2, 0) is 6.54 Å². The lowest BCUT2D eigenvalue weighted by Gasteiger charge is -2.37. The first kappa shape index (κ1) is 18.2. The number of piperidine rings is 1. The third kappa shape index (κ3) is 3.84. The van der Waals surface area contributed by atoms with Crippen LogP contribution >= 0.6 is 0 Å². The van der Waals surface area contributed by atoms with Crippen LogP contribution in [0.1, 0.15) is 71.4 Å². The predicted molar refractivity (Wildman–Crippen MR) is 98.7 cm³/mol. The monoisotopic (exact) mass is 348 g/mol. The van der Waals surface area contributed by atoms with Crippen LogP contribution in [0, 0.1) is 5.92 Å². The molecule has 0 aromatic carbocycles. The summed E-state index contributed by atoms with van der Waals surface area (Å²) >= 11 is 0. The number of hydrogen-bond acceptors (Lipinski definition) is 3. The normalized spacial score (nSPS) is 25.9. The number of rotatable bonds is 5. The van der Waals surface area contributed by atoms with Gasteiger partial charge in [-0.05, 0) is 43.9 Å². The molecule has 25 heavy (non-hydrogen) atoms. The number of anilines is 1. The van der Waals surface area contributed by atoms with Crippen molar-refractivity contribution in [3.8, 4) is 0 Å². The van der Waals surface area contributed by atoms with Crippen LogP contribution < -0.4 is 5.32 Å². The molecule has 1 aromatic rings. The van der Waals surface area contributed by atoms with Gasteiger partial charge in [-0.3, -0.25) is 4.68 Å². The van der Waals surface area contributed by atoms with Gasteiger partial charge in [-0.2, -0.15) is 5.10 Å². The van der Waals surface area contributed by atoms with Crippen molar-refractivity contribution in [2.75, 3.05) is 5.32 Å². The van der Waals surface area contributed by atoms with E-state index in [2.05, 4.69) is 38.1 Å². The number of carbonyl (C=O) groups is 1. The van der Waals surface area contributed by atoms with Crippen molar-refractivity contribution in [3.63, 3.8) is 0 Å². The molecule has 0 radical (unpaired) electrons. The van der Waals surface area contributed by atoms with E-state index in [0.29, 0.717) is 24.7 Å². The molecule has 6 nitrogen and oxygen atoms in total. The topological polar surface area (TPSA) is 70.4 Å². The van der Waals surface area contributed by atoms with Gasteiger partial charge in [0.05, 0.1) is 23.7 Å². The number of aromatic nitrogens is 2. The minimum absolute atomic E-state index is 0.0373. The lowest BCUT2D eigenvalue weighted by Crippen LogP contribution is -2.49. The highest BCUT2D eigenvalue weighted by Gasteiger charge is 2.43. The largest absolute Gasteiger partial charge is 0.393 e. The van der Waals surface area contributed by atoms with Gasteiger partial charge in [-0.25, -0.2) is 4.79 Å². The summed E-state index contributed by atoms with van der Waals surface area (Å²) in [6, 6.07) is 0.309. The lowest BCUT2D eigenvalue weighted by atomic mass is 10.0. The average molecular weight is 348 g/mol. The molecule has 140 valence electrons. The molecule has 2 aliphatic rings. The molecule has 0 aliphatic carbocycles. The van der Waals surface area contributed by atoms with Gasteiger partial charge in [0.1, 0.15) is 0 Å². The van der Waals surface area contributed by atoms with Gasteiger partial charge in [0.2, 0.25) is 0 Å². The molecule has 2 atom stereocenters. The molecule has 0 saturated carbocycles. The Kier molecular flexibility index (Phi) is 5.37. The molecule has 2 aliphatic heterocycles. The van der Waals surface area contributed by atoms with Gasteiger partial charge >= 0.3 is 6.03 Å². The van der Waals surface area contributed by atoms with Crippen molar-refractivity contribution in [2.24, 2.45) is 5.92 Å². The van der Waals surface area contributed by atoms with E-state index in [1.165, 1.54) is 0 Å². The molecular weight excluding hydrogens is 316 g/mol. The fourth-order valence-corrected chi connectivity index (χ4v) is 4.32. The molecule has 2 saturated heterocycles. The zero-order valence-electron chi connectivity index (χ0n) is 15.9. The Morgan fingerprint density at radius 1 is 1.28 bits per heavy atom. The molecule has 2 bridgehead atoms. The third-order valence-corrected chi connectivity index (χ3v) is 5.53. The number of aryl methyl sites for hydroxylation is 1. The summed E-state index contributed by atoms with van der Waals surface area (Å²) in [4.78, 5) is 14.8.